The molecule has 6 nitrogen and oxygen atoms in total. The molecule has 2 amide bonds. The fraction of sp³-hybridized carbons (Fsp3) is 0.647. The van der Waals surface area contributed by atoms with E-state index >= 15 is 0 Å². The summed E-state index contributed by atoms with van der Waals surface area (Å²) in [5, 5.41) is 0. The number of likely N-dealkylation sites (tertiary alicyclic amines) is 2. The lowest BCUT2D eigenvalue weighted by atomic mass is 10.0. The smallest absolute Gasteiger partial charge is 0.270 e. The van der Waals surface area contributed by atoms with Crippen LogP contribution >= 0.6 is 0 Å². The summed E-state index contributed by atoms with van der Waals surface area (Å²) >= 11 is 0. The molecule has 2 aliphatic heterocycles. The highest BCUT2D eigenvalue weighted by molar-refractivity contribution is 5.93. The SMILES string of the molecule is Cc1ccc(C(=O)N2CCC(N3CCC[C@@H]3C(N)=O)CC2)n1C. The first-order valence-electron chi connectivity index (χ1n) is 8.45. The van der Waals surface area contributed by atoms with Gasteiger partial charge in [-0.2, -0.15) is 0 Å². The summed E-state index contributed by atoms with van der Waals surface area (Å²) in [5.74, 6) is -0.104. The summed E-state index contributed by atoms with van der Waals surface area (Å²) in [7, 11) is 1.93. The van der Waals surface area contributed by atoms with Gasteiger partial charge in [0, 0.05) is 31.9 Å². The molecule has 0 radical (unpaired) electrons. The van der Waals surface area contributed by atoms with Gasteiger partial charge in [0.05, 0.1) is 6.04 Å². The molecule has 0 saturated carbocycles. The van der Waals surface area contributed by atoms with Crippen LogP contribution in [0.25, 0.3) is 0 Å². The van der Waals surface area contributed by atoms with Crippen molar-refractivity contribution >= 4 is 11.8 Å². The first-order valence-corrected chi connectivity index (χ1v) is 8.45. The molecule has 3 rings (SSSR count). The first-order chi connectivity index (χ1) is 11.0. The number of hydrogen-bond acceptors (Lipinski definition) is 3. The minimum absolute atomic E-state index is 0.104. The number of aryl methyl sites for hydroxylation is 1. The summed E-state index contributed by atoms with van der Waals surface area (Å²) in [6.07, 6.45) is 3.74. The van der Waals surface area contributed by atoms with E-state index in [2.05, 4.69) is 4.90 Å². The van der Waals surface area contributed by atoms with Gasteiger partial charge in [-0.15, -0.1) is 0 Å². The van der Waals surface area contributed by atoms with Crippen molar-refractivity contribution in [3.8, 4) is 0 Å². The van der Waals surface area contributed by atoms with Crippen molar-refractivity contribution in [1.82, 2.24) is 14.4 Å². The molecule has 2 saturated heterocycles. The fourth-order valence-electron chi connectivity index (χ4n) is 3.92. The molecule has 23 heavy (non-hydrogen) atoms. The Hall–Kier alpha value is -1.82. The summed E-state index contributed by atoms with van der Waals surface area (Å²) in [4.78, 5) is 28.4. The maximum absolute atomic E-state index is 12.7. The third-order valence-electron chi connectivity index (χ3n) is 5.44. The molecule has 3 heterocycles. The van der Waals surface area contributed by atoms with Gasteiger partial charge in [0.1, 0.15) is 5.69 Å². The third-order valence-corrected chi connectivity index (χ3v) is 5.44. The van der Waals surface area contributed by atoms with Crippen LogP contribution in [0.1, 0.15) is 41.9 Å². The predicted molar refractivity (Wildman–Crippen MR) is 88.0 cm³/mol. The lowest BCUT2D eigenvalue weighted by molar-refractivity contribution is -0.123. The molecule has 1 aromatic rings. The Kier molecular flexibility index (Phi) is 4.43. The molecule has 0 unspecified atom stereocenters. The van der Waals surface area contributed by atoms with Gasteiger partial charge in [-0.3, -0.25) is 14.5 Å². The van der Waals surface area contributed by atoms with Gasteiger partial charge in [0.15, 0.2) is 0 Å². The van der Waals surface area contributed by atoms with E-state index < -0.39 is 0 Å². The summed E-state index contributed by atoms with van der Waals surface area (Å²) < 4.78 is 1.94. The Labute approximate surface area is 137 Å². The average Bonchev–Trinajstić information content (AvgIpc) is 3.15. The Balaban J connectivity index is 1.61. The van der Waals surface area contributed by atoms with Gasteiger partial charge >= 0.3 is 0 Å². The summed E-state index contributed by atoms with van der Waals surface area (Å²) in [5.41, 5.74) is 7.35. The highest BCUT2D eigenvalue weighted by atomic mass is 16.2. The summed E-state index contributed by atoms with van der Waals surface area (Å²) in [6.45, 7) is 4.44. The number of carbonyl (C=O) groups excluding carboxylic acids is 2. The van der Waals surface area contributed by atoms with E-state index in [4.69, 9.17) is 5.73 Å². The lowest BCUT2D eigenvalue weighted by Gasteiger charge is -2.38. The Morgan fingerprint density at radius 2 is 1.83 bits per heavy atom. The normalized spacial score (nSPS) is 23.4. The molecular formula is C17H26N4O2. The van der Waals surface area contributed by atoms with Crippen LogP contribution in [0.3, 0.4) is 0 Å². The van der Waals surface area contributed by atoms with E-state index in [1.165, 1.54) is 0 Å². The number of hydrogen-bond donors (Lipinski definition) is 1. The molecule has 2 fully saturated rings. The van der Waals surface area contributed by atoms with Crippen molar-refractivity contribution in [3.05, 3.63) is 23.5 Å². The van der Waals surface area contributed by atoms with Gasteiger partial charge in [-0.25, -0.2) is 0 Å². The second-order valence-corrected chi connectivity index (χ2v) is 6.74. The summed E-state index contributed by atoms with van der Waals surface area (Å²) in [6, 6.07) is 4.13. The number of nitrogens with zero attached hydrogens (tertiary/aromatic N) is 3. The Morgan fingerprint density at radius 3 is 2.39 bits per heavy atom. The van der Waals surface area contributed by atoms with Gasteiger partial charge in [0.2, 0.25) is 5.91 Å². The number of primary amides is 1. The zero-order chi connectivity index (χ0) is 16.6. The van der Waals surface area contributed by atoms with E-state index in [-0.39, 0.29) is 17.9 Å². The number of nitrogens with two attached hydrogens (primary N) is 1. The molecule has 2 aliphatic rings. The number of piperidine rings is 1. The third kappa shape index (κ3) is 3.00. The van der Waals surface area contributed by atoms with Gasteiger partial charge in [-0.1, -0.05) is 0 Å². The number of amides is 2. The highest BCUT2D eigenvalue weighted by Gasteiger charge is 2.36. The van der Waals surface area contributed by atoms with Crippen LogP contribution in [-0.2, 0) is 11.8 Å². The number of rotatable bonds is 3. The molecular weight excluding hydrogens is 292 g/mol. The van der Waals surface area contributed by atoms with Crippen molar-refractivity contribution in [2.24, 2.45) is 12.8 Å². The van der Waals surface area contributed by atoms with Crippen molar-refractivity contribution in [1.29, 1.82) is 0 Å². The monoisotopic (exact) mass is 318 g/mol. The topological polar surface area (TPSA) is 71.6 Å². The van der Waals surface area contributed by atoms with E-state index in [0.29, 0.717) is 6.04 Å². The van der Waals surface area contributed by atoms with Crippen molar-refractivity contribution < 1.29 is 9.59 Å². The number of carbonyl (C=O) groups is 2. The second kappa shape index (κ2) is 6.35. The average molecular weight is 318 g/mol. The Morgan fingerprint density at radius 1 is 1.13 bits per heavy atom. The highest BCUT2D eigenvalue weighted by Crippen LogP contribution is 2.26. The van der Waals surface area contributed by atoms with Crippen LogP contribution in [0.5, 0.6) is 0 Å². The molecule has 6 heteroatoms. The molecule has 0 bridgehead atoms. The van der Waals surface area contributed by atoms with E-state index in [9.17, 15) is 9.59 Å². The van der Waals surface area contributed by atoms with Crippen molar-refractivity contribution in [2.75, 3.05) is 19.6 Å². The lowest BCUT2D eigenvalue weighted by Crippen LogP contribution is -2.51. The first kappa shape index (κ1) is 16.1. The van der Waals surface area contributed by atoms with Crippen LogP contribution in [0, 0.1) is 6.92 Å². The van der Waals surface area contributed by atoms with Crippen molar-refractivity contribution in [3.63, 3.8) is 0 Å². The zero-order valence-corrected chi connectivity index (χ0v) is 14.0. The standard InChI is InChI=1S/C17H26N4O2/c1-12-5-6-15(19(12)2)17(23)20-10-7-13(8-11-20)21-9-3-4-14(21)16(18)22/h5-6,13-14H,3-4,7-11H2,1-2H3,(H2,18,22)/t14-/m1/s1. The second-order valence-electron chi connectivity index (χ2n) is 6.74. The van der Waals surface area contributed by atoms with E-state index in [1.54, 1.807) is 0 Å². The van der Waals surface area contributed by atoms with Crippen LogP contribution in [0.4, 0.5) is 0 Å². The van der Waals surface area contributed by atoms with Gasteiger partial charge in [-0.05, 0) is 51.3 Å². The van der Waals surface area contributed by atoms with Crippen LogP contribution in [0.2, 0.25) is 0 Å². The molecule has 126 valence electrons. The molecule has 1 aromatic heterocycles. The molecule has 2 N–H and O–H groups in total. The van der Waals surface area contributed by atoms with Crippen LogP contribution < -0.4 is 5.73 Å². The number of aromatic nitrogens is 1. The maximum atomic E-state index is 12.7. The molecule has 0 aliphatic carbocycles. The van der Waals surface area contributed by atoms with Gasteiger partial charge in [0.25, 0.3) is 5.91 Å². The fourth-order valence-corrected chi connectivity index (χ4v) is 3.92. The van der Waals surface area contributed by atoms with Crippen LogP contribution in [-0.4, -0.2) is 57.9 Å². The predicted octanol–water partition coefficient (Wildman–Crippen LogP) is 0.888. The maximum Gasteiger partial charge on any atom is 0.270 e. The van der Waals surface area contributed by atoms with E-state index in [1.807, 2.05) is 35.6 Å². The van der Waals surface area contributed by atoms with E-state index in [0.717, 1.165) is 56.7 Å². The zero-order valence-electron chi connectivity index (χ0n) is 14.0. The van der Waals surface area contributed by atoms with Gasteiger partial charge < -0.3 is 15.2 Å². The molecule has 1 atom stereocenters. The molecule has 0 spiro atoms. The Bertz CT molecular complexity index is 602. The van der Waals surface area contributed by atoms with Crippen molar-refractivity contribution in [2.45, 2.75) is 44.7 Å². The largest absolute Gasteiger partial charge is 0.368 e. The quantitative estimate of drug-likeness (QED) is 0.899. The minimum atomic E-state index is -0.208. The molecule has 0 aromatic carbocycles. The minimum Gasteiger partial charge on any atom is -0.368 e. The van der Waals surface area contributed by atoms with Crippen LogP contribution in [0.15, 0.2) is 12.1 Å².